The summed E-state index contributed by atoms with van der Waals surface area (Å²) >= 11 is 0. The van der Waals surface area contributed by atoms with Crippen molar-refractivity contribution in [3.63, 3.8) is 0 Å². The zero-order valence-electron chi connectivity index (χ0n) is 24.5. The van der Waals surface area contributed by atoms with E-state index in [-0.39, 0.29) is 41.4 Å². The molecular weight excluding hydrogens is 574 g/mol. The number of anilines is 1. The summed E-state index contributed by atoms with van der Waals surface area (Å²) in [5.41, 5.74) is 1.29. The molecule has 3 aromatic carbocycles. The largest absolute Gasteiger partial charge is 0.497 e. The summed E-state index contributed by atoms with van der Waals surface area (Å²) in [4.78, 5) is 26.3. The highest BCUT2D eigenvalue weighted by Crippen LogP contribution is 2.39. The first-order valence-electron chi connectivity index (χ1n) is 13.8. The topological polar surface area (TPSA) is 166 Å². The number of aryl methyl sites for hydroxylation is 1. The number of methoxy groups -OCH3 is 3. The molecule has 4 N–H and O–H groups in total. The third kappa shape index (κ3) is 6.06. The van der Waals surface area contributed by atoms with Crippen LogP contribution >= 0.6 is 0 Å². The minimum absolute atomic E-state index is 0.0353. The molecule has 1 aliphatic heterocycles. The Balaban J connectivity index is 1.45. The number of carbonyl (C=O) groups is 1. The van der Waals surface area contributed by atoms with Crippen LogP contribution in [0.4, 0.5) is 5.69 Å². The molecule has 0 aliphatic carbocycles. The second kappa shape index (κ2) is 12.9. The molecule has 12 nitrogen and oxygen atoms in total. The third-order valence-electron chi connectivity index (χ3n) is 7.42. The van der Waals surface area contributed by atoms with Gasteiger partial charge in [-0.3, -0.25) is 4.79 Å². The highest BCUT2D eigenvalue weighted by molar-refractivity contribution is 6.06. The molecule has 232 valence electrons. The average molecular weight is 608 g/mol. The molecule has 1 amide bonds. The fraction of sp³-hybridized carbons (Fsp3) is 0.312. The molecule has 4 aromatic rings. The second-order valence-corrected chi connectivity index (χ2v) is 10.2. The van der Waals surface area contributed by atoms with Gasteiger partial charge in [0.2, 0.25) is 6.29 Å². The SMILES string of the molecule is COc1cccc(-c2cc(C(=O)Nc3cc4cc(OC)c(O[C@@H]5O[C@H](CO)C[C@@H](O)[C@H]5O)c(C)c4oc3=O)ccc2OC)c1. The van der Waals surface area contributed by atoms with Gasteiger partial charge < -0.3 is 48.7 Å². The summed E-state index contributed by atoms with van der Waals surface area (Å²) in [6, 6.07) is 15.2. The van der Waals surface area contributed by atoms with Crippen molar-refractivity contribution in [2.24, 2.45) is 0 Å². The lowest BCUT2D eigenvalue weighted by atomic mass is 10.0. The number of nitrogens with one attached hydrogen (secondary N) is 1. The van der Waals surface area contributed by atoms with Crippen molar-refractivity contribution in [2.75, 3.05) is 33.3 Å². The Morgan fingerprint density at radius 1 is 1.00 bits per heavy atom. The molecule has 0 radical (unpaired) electrons. The number of aliphatic hydroxyl groups is 3. The molecular formula is C32H33NO11. The molecule has 4 atom stereocenters. The summed E-state index contributed by atoms with van der Waals surface area (Å²) < 4.78 is 33.4. The predicted molar refractivity (Wildman–Crippen MR) is 160 cm³/mol. The van der Waals surface area contributed by atoms with E-state index < -0.39 is 36.1 Å². The van der Waals surface area contributed by atoms with E-state index in [4.69, 9.17) is 28.1 Å². The van der Waals surface area contributed by atoms with Crippen molar-refractivity contribution >= 4 is 22.6 Å². The summed E-state index contributed by atoms with van der Waals surface area (Å²) in [5, 5.41) is 33.1. The lowest BCUT2D eigenvalue weighted by molar-refractivity contribution is -0.241. The summed E-state index contributed by atoms with van der Waals surface area (Å²) in [6.07, 6.45) is -4.61. The fourth-order valence-electron chi connectivity index (χ4n) is 5.07. The number of fused-ring (bicyclic) bond motifs is 1. The van der Waals surface area contributed by atoms with E-state index in [2.05, 4.69) is 5.32 Å². The van der Waals surface area contributed by atoms with E-state index in [1.165, 1.54) is 20.3 Å². The zero-order valence-corrected chi connectivity index (χ0v) is 24.5. The van der Waals surface area contributed by atoms with E-state index in [1.54, 1.807) is 44.4 Å². The van der Waals surface area contributed by atoms with Crippen LogP contribution in [-0.2, 0) is 4.74 Å². The van der Waals surface area contributed by atoms with Crippen LogP contribution in [0.25, 0.3) is 22.1 Å². The van der Waals surface area contributed by atoms with Crippen molar-refractivity contribution < 1.29 is 48.2 Å². The van der Waals surface area contributed by atoms with Crippen molar-refractivity contribution in [3.8, 4) is 34.1 Å². The Morgan fingerprint density at radius 3 is 2.48 bits per heavy atom. The van der Waals surface area contributed by atoms with Crippen LogP contribution in [0.1, 0.15) is 22.3 Å². The summed E-state index contributed by atoms with van der Waals surface area (Å²) in [5.74, 6) is 0.969. The Labute approximate surface area is 252 Å². The Bertz CT molecular complexity index is 1730. The first kappa shape index (κ1) is 30.8. The molecule has 12 heteroatoms. The van der Waals surface area contributed by atoms with Crippen molar-refractivity contribution in [2.45, 2.75) is 37.9 Å². The highest BCUT2D eigenvalue weighted by atomic mass is 16.7. The van der Waals surface area contributed by atoms with Crippen LogP contribution in [0.15, 0.2) is 63.8 Å². The van der Waals surface area contributed by atoms with Gasteiger partial charge in [0, 0.05) is 28.5 Å². The van der Waals surface area contributed by atoms with E-state index >= 15 is 0 Å². The van der Waals surface area contributed by atoms with Crippen LogP contribution in [0.5, 0.6) is 23.0 Å². The van der Waals surface area contributed by atoms with E-state index in [0.29, 0.717) is 28.0 Å². The smallest absolute Gasteiger partial charge is 0.360 e. The molecule has 1 fully saturated rings. The number of ether oxygens (including phenoxy) is 5. The zero-order chi connectivity index (χ0) is 31.5. The van der Waals surface area contributed by atoms with Crippen LogP contribution in [-0.4, -0.2) is 73.8 Å². The highest BCUT2D eigenvalue weighted by Gasteiger charge is 2.39. The number of amides is 1. The van der Waals surface area contributed by atoms with Crippen LogP contribution in [0, 0.1) is 6.92 Å². The summed E-state index contributed by atoms with van der Waals surface area (Å²) in [6.45, 7) is 1.24. The lowest BCUT2D eigenvalue weighted by Gasteiger charge is -2.36. The maximum Gasteiger partial charge on any atom is 0.360 e. The molecule has 1 aliphatic rings. The monoisotopic (exact) mass is 607 g/mol. The number of hydrogen-bond donors (Lipinski definition) is 4. The fourth-order valence-corrected chi connectivity index (χ4v) is 5.07. The molecule has 0 spiro atoms. The Hall–Kier alpha value is -4.62. The van der Waals surface area contributed by atoms with Gasteiger partial charge in [-0.25, -0.2) is 4.79 Å². The molecule has 0 unspecified atom stereocenters. The predicted octanol–water partition coefficient (Wildman–Crippen LogP) is 3.25. The Kier molecular flexibility index (Phi) is 9.06. The molecule has 0 saturated carbocycles. The summed E-state index contributed by atoms with van der Waals surface area (Å²) in [7, 11) is 4.50. The van der Waals surface area contributed by atoms with Gasteiger partial charge in [0.05, 0.1) is 40.1 Å². The maximum atomic E-state index is 13.3. The molecule has 1 aromatic heterocycles. The number of aliphatic hydroxyl groups excluding tert-OH is 3. The third-order valence-corrected chi connectivity index (χ3v) is 7.42. The number of benzene rings is 3. The van der Waals surface area contributed by atoms with Gasteiger partial charge >= 0.3 is 5.63 Å². The van der Waals surface area contributed by atoms with Crippen LogP contribution in [0.2, 0.25) is 0 Å². The first-order chi connectivity index (χ1) is 21.2. The molecule has 44 heavy (non-hydrogen) atoms. The van der Waals surface area contributed by atoms with Gasteiger partial charge in [-0.1, -0.05) is 12.1 Å². The van der Waals surface area contributed by atoms with Gasteiger partial charge in [-0.2, -0.15) is 0 Å². The molecule has 2 heterocycles. The maximum absolute atomic E-state index is 13.3. The van der Waals surface area contributed by atoms with Crippen molar-refractivity contribution in [1.82, 2.24) is 0 Å². The standard InChI is InChI=1S/C32H33NO11/c1-16-28-19(13-26(41-4)29(16)44-32-27(36)24(35)14-21(15-34)42-32)12-23(31(38)43-28)33-30(37)18-8-9-25(40-3)22(11-18)17-6-5-7-20(10-17)39-2/h5-13,21,24,27,32,34-36H,14-15H2,1-4H3,(H,33,37)/t21-,24+,27+,32-/m0/s1. The van der Waals surface area contributed by atoms with Crippen molar-refractivity contribution in [1.29, 1.82) is 0 Å². The second-order valence-electron chi connectivity index (χ2n) is 10.2. The van der Waals surface area contributed by atoms with Crippen LogP contribution < -0.4 is 29.9 Å². The van der Waals surface area contributed by atoms with Crippen molar-refractivity contribution in [3.05, 3.63) is 76.1 Å². The quantitative estimate of drug-likeness (QED) is 0.206. The van der Waals surface area contributed by atoms with Gasteiger partial charge in [-0.15, -0.1) is 0 Å². The number of carbonyl (C=O) groups excluding carboxylic acids is 1. The minimum atomic E-state index is -1.40. The first-order valence-corrected chi connectivity index (χ1v) is 13.8. The van der Waals surface area contributed by atoms with Gasteiger partial charge in [0.25, 0.3) is 5.91 Å². The molecule has 0 bridgehead atoms. The average Bonchev–Trinajstić information content (AvgIpc) is 3.04. The van der Waals surface area contributed by atoms with Gasteiger partial charge in [-0.05, 0) is 55.0 Å². The van der Waals surface area contributed by atoms with E-state index in [9.17, 15) is 24.9 Å². The number of rotatable bonds is 9. The normalized spacial score (nSPS) is 19.8. The minimum Gasteiger partial charge on any atom is -0.497 e. The van der Waals surface area contributed by atoms with Crippen LogP contribution in [0.3, 0.4) is 0 Å². The molecule has 1 saturated heterocycles. The van der Waals surface area contributed by atoms with E-state index in [0.717, 1.165) is 5.56 Å². The van der Waals surface area contributed by atoms with E-state index in [1.807, 2.05) is 18.2 Å². The van der Waals surface area contributed by atoms with Gasteiger partial charge in [0.1, 0.15) is 28.9 Å². The van der Waals surface area contributed by atoms with Gasteiger partial charge in [0.15, 0.2) is 11.5 Å². The molecule has 5 rings (SSSR count). The lowest BCUT2D eigenvalue weighted by Crippen LogP contribution is -2.51. The Morgan fingerprint density at radius 2 is 1.77 bits per heavy atom. The number of hydrogen-bond acceptors (Lipinski definition) is 11.